The number of anilines is 1. The van der Waals surface area contributed by atoms with Crippen LogP contribution in [0.4, 0.5) is 5.82 Å². The zero-order valence-corrected chi connectivity index (χ0v) is 12.4. The van der Waals surface area contributed by atoms with Crippen molar-refractivity contribution in [2.24, 2.45) is 5.92 Å². The van der Waals surface area contributed by atoms with Gasteiger partial charge in [-0.15, -0.1) is 0 Å². The molecule has 19 heavy (non-hydrogen) atoms. The molecule has 4 nitrogen and oxygen atoms in total. The van der Waals surface area contributed by atoms with Crippen molar-refractivity contribution in [3.63, 3.8) is 0 Å². The van der Waals surface area contributed by atoms with Crippen molar-refractivity contribution in [3.8, 4) is 0 Å². The Morgan fingerprint density at radius 1 is 1.37 bits per heavy atom. The van der Waals surface area contributed by atoms with Crippen LogP contribution in [-0.2, 0) is 0 Å². The first-order valence-electron chi connectivity index (χ1n) is 7.12. The van der Waals surface area contributed by atoms with Crippen molar-refractivity contribution in [3.05, 3.63) is 23.9 Å². The normalized spacial score (nSPS) is 12.0. The van der Waals surface area contributed by atoms with Gasteiger partial charge in [-0.25, -0.2) is 4.98 Å². The average molecular weight is 263 g/mol. The third kappa shape index (κ3) is 4.54. The van der Waals surface area contributed by atoms with Gasteiger partial charge in [0.1, 0.15) is 11.5 Å². The second-order valence-corrected chi connectivity index (χ2v) is 4.80. The van der Waals surface area contributed by atoms with E-state index in [-0.39, 0.29) is 5.91 Å². The number of rotatable bonds is 7. The molecule has 106 valence electrons. The highest BCUT2D eigenvalue weighted by atomic mass is 16.2. The number of amides is 1. The van der Waals surface area contributed by atoms with Crippen LogP contribution >= 0.6 is 0 Å². The summed E-state index contributed by atoms with van der Waals surface area (Å²) >= 11 is 0. The van der Waals surface area contributed by atoms with Gasteiger partial charge in [0.15, 0.2) is 0 Å². The van der Waals surface area contributed by atoms with Crippen LogP contribution in [0.2, 0.25) is 0 Å². The van der Waals surface area contributed by atoms with E-state index in [1.807, 2.05) is 30.9 Å². The fourth-order valence-electron chi connectivity index (χ4n) is 1.86. The van der Waals surface area contributed by atoms with E-state index in [0.717, 1.165) is 31.9 Å². The van der Waals surface area contributed by atoms with E-state index in [1.54, 1.807) is 6.07 Å². The zero-order valence-electron chi connectivity index (χ0n) is 12.4. The molecular formula is C15H25N3O. The fourth-order valence-corrected chi connectivity index (χ4v) is 1.86. The van der Waals surface area contributed by atoms with Crippen LogP contribution in [0.5, 0.6) is 0 Å². The number of pyridine rings is 1. The Bertz CT molecular complexity index is 406. The van der Waals surface area contributed by atoms with Gasteiger partial charge in [0.25, 0.3) is 5.91 Å². The molecule has 0 aliphatic carbocycles. The second kappa shape index (κ2) is 7.77. The van der Waals surface area contributed by atoms with Crippen LogP contribution in [-0.4, -0.2) is 35.4 Å². The Morgan fingerprint density at radius 2 is 2.11 bits per heavy atom. The fraction of sp³-hybridized carbons (Fsp3) is 0.600. The molecule has 0 saturated carbocycles. The molecule has 1 atom stereocenters. The number of nitrogens with zero attached hydrogens (tertiary/aromatic N) is 2. The molecule has 0 fully saturated rings. The molecule has 1 N–H and O–H groups in total. The van der Waals surface area contributed by atoms with Gasteiger partial charge in [-0.2, -0.15) is 0 Å². The van der Waals surface area contributed by atoms with E-state index in [9.17, 15) is 4.79 Å². The largest absolute Gasteiger partial charge is 0.370 e. The van der Waals surface area contributed by atoms with Gasteiger partial charge in [-0.05, 0) is 31.9 Å². The van der Waals surface area contributed by atoms with Gasteiger partial charge < -0.3 is 10.2 Å². The molecule has 0 saturated heterocycles. The summed E-state index contributed by atoms with van der Waals surface area (Å²) in [6, 6.07) is 5.53. The summed E-state index contributed by atoms with van der Waals surface area (Å²) in [5.41, 5.74) is 0.517. The smallest absolute Gasteiger partial charge is 0.272 e. The first kappa shape index (κ1) is 15.5. The molecule has 1 aromatic heterocycles. The van der Waals surface area contributed by atoms with Crippen molar-refractivity contribution in [2.75, 3.05) is 25.0 Å². The van der Waals surface area contributed by atoms with E-state index >= 15 is 0 Å². The molecule has 4 heteroatoms. The summed E-state index contributed by atoms with van der Waals surface area (Å²) in [4.78, 5) is 18.6. The quantitative estimate of drug-likeness (QED) is 0.822. The van der Waals surface area contributed by atoms with Crippen molar-refractivity contribution in [1.82, 2.24) is 9.88 Å². The zero-order chi connectivity index (χ0) is 14.3. The number of carbonyl (C=O) groups is 1. The lowest BCUT2D eigenvalue weighted by atomic mass is 10.1. The van der Waals surface area contributed by atoms with Crippen molar-refractivity contribution in [2.45, 2.75) is 34.1 Å². The van der Waals surface area contributed by atoms with Gasteiger partial charge in [0.05, 0.1) is 0 Å². The van der Waals surface area contributed by atoms with E-state index in [1.165, 1.54) is 0 Å². The summed E-state index contributed by atoms with van der Waals surface area (Å²) in [7, 11) is 0. The molecule has 0 radical (unpaired) electrons. The van der Waals surface area contributed by atoms with E-state index in [4.69, 9.17) is 0 Å². The van der Waals surface area contributed by atoms with E-state index < -0.39 is 0 Å². The minimum absolute atomic E-state index is 0.0163. The lowest BCUT2D eigenvalue weighted by Gasteiger charge is -2.23. The Labute approximate surface area is 116 Å². The Kier molecular flexibility index (Phi) is 6.33. The molecule has 0 aliphatic heterocycles. The van der Waals surface area contributed by atoms with Gasteiger partial charge >= 0.3 is 0 Å². The summed E-state index contributed by atoms with van der Waals surface area (Å²) in [6.45, 7) is 10.6. The van der Waals surface area contributed by atoms with Crippen LogP contribution in [0, 0.1) is 5.92 Å². The highest BCUT2D eigenvalue weighted by Gasteiger charge is 2.17. The molecule has 1 unspecified atom stereocenters. The van der Waals surface area contributed by atoms with Crippen molar-refractivity contribution < 1.29 is 4.79 Å². The third-order valence-electron chi connectivity index (χ3n) is 3.22. The molecule has 1 rings (SSSR count). The number of aromatic nitrogens is 1. The molecule has 1 heterocycles. The number of carbonyl (C=O) groups excluding carboxylic acids is 1. The standard InChI is InChI=1S/C15H25N3O/c1-5-12(4)11-18(7-3)15(19)13-9-8-10-14(17-13)16-6-2/h8-10,12H,5-7,11H2,1-4H3,(H,16,17). The predicted molar refractivity (Wildman–Crippen MR) is 79.4 cm³/mol. The minimum atomic E-state index is 0.0163. The molecular weight excluding hydrogens is 238 g/mol. The Morgan fingerprint density at radius 3 is 2.68 bits per heavy atom. The molecule has 0 aromatic carbocycles. The lowest BCUT2D eigenvalue weighted by molar-refractivity contribution is 0.0735. The third-order valence-corrected chi connectivity index (χ3v) is 3.22. The van der Waals surface area contributed by atoms with Gasteiger partial charge in [-0.3, -0.25) is 4.79 Å². The molecule has 0 spiro atoms. The first-order chi connectivity index (χ1) is 9.12. The summed E-state index contributed by atoms with van der Waals surface area (Å²) in [5, 5.41) is 3.13. The van der Waals surface area contributed by atoms with Crippen molar-refractivity contribution >= 4 is 11.7 Å². The van der Waals surface area contributed by atoms with Crippen LogP contribution in [0.3, 0.4) is 0 Å². The lowest BCUT2D eigenvalue weighted by Crippen LogP contribution is -2.35. The van der Waals surface area contributed by atoms with Gasteiger partial charge in [0, 0.05) is 19.6 Å². The second-order valence-electron chi connectivity index (χ2n) is 4.80. The van der Waals surface area contributed by atoms with E-state index in [2.05, 4.69) is 24.1 Å². The Hall–Kier alpha value is -1.58. The van der Waals surface area contributed by atoms with Crippen LogP contribution in [0.25, 0.3) is 0 Å². The topological polar surface area (TPSA) is 45.2 Å². The van der Waals surface area contributed by atoms with Crippen molar-refractivity contribution in [1.29, 1.82) is 0 Å². The molecule has 1 aromatic rings. The number of hydrogen-bond donors (Lipinski definition) is 1. The summed E-state index contributed by atoms with van der Waals surface area (Å²) in [6.07, 6.45) is 1.08. The monoisotopic (exact) mass is 263 g/mol. The van der Waals surface area contributed by atoms with Crippen LogP contribution in [0.15, 0.2) is 18.2 Å². The van der Waals surface area contributed by atoms with Gasteiger partial charge in [-0.1, -0.05) is 26.3 Å². The maximum absolute atomic E-state index is 12.4. The predicted octanol–water partition coefficient (Wildman–Crippen LogP) is 3.02. The average Bonchev–Trinajstić information content (AvgIpc) is 2.44. The number of hydrogen-bond acceptors (Lipinski definition) is 3. The van der Waals surface area contributed by atoms with Gasteiger partial charge in [0.2, 0.25) is 0 Å². The first-order valence-corrected chi connectivity index (χ1v) is 7.12. The van der Waals surface area contributed by atoms with E-state index in [0.29, 0.717) is 11.6 Å². The highest BCUT2D eigenvalue weighted by Crippen LogP contribution is 2.10. The summed E-state index contributed by atoms with van der Waals surface area (Å²) < 4.78 is 0. The molecule has 0 bridgehead atoms. The number of nitrogens with one attached hydrogen (secondary N) is 1. The Balaban J connectivity index is 2.81. The minimum Gasteiger partial charge on any atom is -0.370 e. The maximum Gasteiger partial charge on any atom is 0.272 e. The SMILES string of the molecule is CCNc1cccc(C(=O)N(CC)CC(C)CC)n1. The highest BCUT2D eigenvalue weighted by molar-refractivity contribution is 5.92. The van der Waals surface area contributed by atoms with Crippen LogP contribution in [0.1, 0.15) is 44.6 Å². The molecule has 0 aliphatic rings. The molecule has 1 amide bonds. The summed E-state index contributed by atoms with van der Waals surface area (Å²) in [5.74, 6) is 1.29. The van der Waals surface area contributed by atoms with Crippen LogP contribution < -0.4 is 5.32 Å². The maximum atomic E-state index is 12.4.